The van der Waals surface area contributed by atoms with Crippen molar-refractivity contribution in [3.63, 3.8) is 0 Å². The predicted octanol–water partition coefficient (Wildman–Crippen LogP) is 0.0244. The van der Waals surface area contributed by atoms with Gasteiger partial charge in [0.2, 0.25) is 5.91 Å². The highest BCUT2D eigenvalue weighted by molar-refractivity contribution is 5.85. The lowest BCUT2D eigenvalue weighted by molar-refractivity contribution is -0.917. The molecule has 5 heteroatoms. The summed E-state index contributed by atoms with van der Waals surface area (Å²) in [5.74, 6) is -1.46. The molecule has 0 radical (unpaired) electrons. The van der Waals surface area contributed by atoms with Crippen LogP contribution in [0.15, 0.2) is 24.3 Å². The van der Waals surface area contributed by atoms with Crippen LogP contribution in [0.25, 0.3) is 0 Å². The molecule has 0 unspecified atom stereocenters. The first-order valence-corrected chi connectivity index (χ1v) is 10.4. The van der Waals surface area contributed by atoms with Gasteiger partial charge < -0.3 is 19.7 Å². The number of amides is 1. The fourth-order valence-corrected chi connectivity index (χ4v) is 5.57. The van der Waals surface area contributed by atoms with Crippen LogP contribution < -0.4 is 10.0 Å². The average molecular weight is 370 g/mol. The summed E-state index contributed by atoms with van der Waals surface area (Å²) in [4.78, 5) is 28.3. The fourth-order valence-electron chi connectivity index (χ4n) is 5.57. The lowest BCUT2D eigenvalue weighted by Gasteiger charge is -2.49. The van der Waals surface area contributed by atoms with E-state index in [0.29, 0.717) is 0 Å². The Hall–Kier alpha value is -1.88. The normalized spacial score (nSPS) is 31.1. The number of quaternary nitrogens is 1. The number of carboxylic acids is 1. The number of aryl methyl sites for hydroxylation is 1. The summed E-state index contributed by atoms with van der Waals surface area (Å²) in [5.41, 5.74) is 2.60. The molecule has 1 aromatic carbocycles. The zero-order valence-corrected chi connectivity index (χ0v) is 16.2. The second-order valence-electron chi connectivity index (χ2n) is 8.78. The van der Waals surface area contributed by atoms with Crippen LogP contribution in [0.2, 0.25) is 0 Å². The Labute approximate surface area is 161 Å². The molecule has 1 saturated heterocycles. The minimum atomic E-state index is -1.01. The number of rotatable bonds is 4. The molecule has 1 aliphatic heterocycles. The molecule has 5 nitrogen and oxygen atoms in total. The number of carbonyl (C=O) groups excluding carboxylic acids is 2. The number of fused-ring (bicyclic) bond motifs is 3. The lowest BCUT2D eigenvalue weighted by Crippen LogP contribution is -3.13. The summed E-state index contributed by atoms with van der Waals surface area (Å²) in [7, 11) is 0. The molecule has 4 aliphatic rings. The van der Waals surface area contributed by atoms with Crippen molar-refractivity contribution in [1.29, 1.82) is 0 Å². The maximum Gasteiger partial charge on any atom is 0.227 e. The Kier molecular flexibility index (Phi) is 5.22. The molecule has 4 fully saturated rings. The van der Waals surface area contributed by atoms with E-state index in [1.165, 1.54) is 16.0 Å². The summed E-state index contributed by atoms with van der Waals surface area (Å²) in [6.45, 7) is 6.39. The van der Waals surface area contributed by atoms with E-state index >= 15 is 0 Å². The summed E-state index contributed by atoms with van der Waals surface area (Å²) in [5, 5.41) is 11.7. The topological polar surface area (TPSA) is 64.9 Å². The van der Waals surface area contributed by atoms with Gasteiger partial charge in [-0.1, -0.05) is 29.8 Å². The zero-order valence-electron chi connectivity index (χ0n) is 16.2. The van der Waals surface area contributed by atoms with Crippen LogP contribution in [-0.4, -0.2) is 43.0 Å². The first-order chi connectivity index (χ1) is 13.0. The first kappa shape index (κ1) is 18.5. The molecule has 2 bridgehead atoms. The average Bonchev–Trinajstić information content (AvgIpc) is 2.70. The number of benzene rings is 1. The van der Waals surface area contributed by atoms with Crippen LogP contribution >= 0.6 is 0 Å². The second kappa shape index (κ2) is 7.63. The SMILES string of the molecule is Cc1ccc(C[NH+]2CCN(C(=O)[C@@H]3C4CCC(CC4)[C@H]3C(=O)[O-])CC2)cc1. The molecule has 1 heterocycles. The number of hydrogen-bond donors (Lipinski definition) is 1. The molecule has 3 aliphatic carbocycles. The maximum atomic E-state index is 13.2. The van der Waals surface area contributed by atoms with Crippen molar-refractivity contribution >= 4 is 11.9 Å². The Morgan fingerprint density at radius 3 is 2.11 bits per heavy atom. The molecular weight excluding hydrogens is 340 g/mol. The van der Waals surface area contributed by atoms with Gasteiger partial charge >= 0.3 is 0 Å². The summed E-state index contributed by atoms with van der Waals surface area (Å²) in [6.07, 6.45) is 3.90. The smallest absolute Gasteiger partial charge is 0.227 e. The van der Waals surface area contributed by atoms with E-state index < -0.39 is 11.9 Å². The van der Waals surface area contributed by atoms with E-state index in [-0.39, 0.29) is 23.7 Å². The third-order valence-corrected chi connectivity index (χ3v) is 7.13. The van der Waals surface area contributed by atoms with Crippen molar-refractivity contribution in [2.45, 2.75) is 39.2 Å². The van der Waals surface area contributed by atoms with Gasteiger partial charge in [0, 0.05) is 23.4 Å². The van der Waals surface area contributed by atoms with Crippen LogP contribution in [0.5, 0.6) is 0 Å². The molecule has 0 aromatic heterocycles. The molecule has 27 heavy (non-hydrogen) atoms. The Balaban J connectivity index is 1.36. The molecule has 1 amide bonds. The van der Waals surface area contributed by atoms with Crippen molar-refractivity contribution in [3.8, 4) is 0 Å². The maximum absolute atomic E-state index is 13.2. The van der Waals surface area contributed by atoms with Gasteiger partial charge in [0.25, 0.3) is 0 Å². The van der Waals surface area contributed by atoms with E-state index in [4.69, 9.17) is 0 Å². The van der Waals surface area contributed by atoms with Gasteiger partial charge in [-0.25, -0.2) is 0 Å². The fraction of sp³-hybridized carbons (Fsp3) is 0.636. The van der Waals surface area contributed by atoms with Gasteiger partial charge in [-0.3, -0.25) is 4.79 Å². The molecule has 1 aromatic rings. The van der Waals surface area contributed by atoms with Gasteiger partial charge in [-0.2, -0.15) is 0 Å². The Morgan fingerprint density at radius 1 is 1.00 bits per heavy atom. The van der Waals surface area contributed by atoms with Gasteiger partial charge in [-0.15, -0.1) is 0 Å². The molecular formula is C22H30N2O3. The predicted molar refractivity (Wildman–Crippen MR) is 99.6 cm³/mol. The van der Waals surface area contributed by atoms with Crippen molar-refractivity contribution < 1.29 is 19.6 Å². The first-order valence-electron chi connectivity index (χ1n) is 10.4. The quantitative estimate of drug-likeness (QED) is 0.813. The van der Waals surface area contributed by atoms with Crippen molar-refractivity contribution in [1.82, 2.24) is 4.90 Å². The molecule has 3 saturated carbocycles. The number of hydrogen-bond acceptors (Lipinski definition) is 3. The molecule has 0 spiro atoms. The monoisotopic (exact) mass is 370 g/mol. The van der Waals surface area contributed by atoms with E-state index in [1.807, 2.05) is 4.90 Å². The van der Waals surface area contributed by atoms with E-state index in [1.54, 1.807) is 0 Å². The van der Waals surface area contributed by atoms with E-state index in [2.05, 4.69) is 31.2 Å². The number of nitrogens with zero attached hydrogens (tertiary/aromatic N) is 1. The summed E-state index contributed by atoms with van der Waals surface area (Å²) >= 11 is 0. The molecule has 146 valence electrons. The lowest BCUT2D eigenvalue weighted by atomic mass is 9.58. The van der Waals surface area contributed by atoms with Gasteiger partial charge in [0.15, 0.2) is 0 Å². The van der Waals surface area contributed by atoms with Crippen molar-refractivity contribution in [2.24, 2.45) is 23.7 Å². The summed E-state index contributed by atoms with van der Waals surface area (Å²) < 4.78 is 0. The molecule has 1 N–H and O–H groups in total. The Morgan fingerprint density at radius 2 is 1.56 bits per heavy atom. The highest BCUT2D eigenvalue weighted by Crippen LogP contribution is 2.49. The third kappa shape index (κ3) is 3.75. The number of aliphatic carboxylic acids is 1. The van der Waals surface area contributed by atoms with Crippen molar-refractivity contribution in [3.05, 3.63) is 35.4 Å². The number of piperazine rings is 1. The highest BCUT2D eigenvalue weighted by Gasteiger charge is 2.49. The van der Waals surface area contributed by atoms with Crippen molar-refractivity contribution in [2.75, 3.05) is 26.2 Å². The van der Waals surface area contributed by atoms with Crippen LogP contribution in [-0.2, 0) is 16.1 Å². The number of carboxylic acid groups (broad SMARTS) is 1. The standard InChI is InChI=1S/C22H30N2O3/c1-15-2-4-16(5-3-15)14-23-10-12-24(13-11-23)21(25)19-17-6-8-18(9-7-17)20(19)22(26)27/h2-5,17-20H,6-14H2,1H3,(H,26,27)/t17?,18?,19-,20-/m1/s1. The van der Waals surface area contributed by atoms with E-state index in [9.17, 15) is 14.7 Å². The third-order valence-electron chi connectivity index (χ3n) is 7.13. The largest absolute Gasteiger partial charge is 0.550 e. The van der Waals surface area contributed by atoms with Crippen LogP contribution in [0.4, 0.5) is 0 Å². The van der Waals surface area contributed by atoms with E-state index in [0.717, 1.165) is 58.4 Å². The minimum absolute atomic E-state index is 0.0768. The molecule has 5 rings (SSSR count). The minimum Gasteiger partial charge on any atom is -0.550 e. The Bertz CT molecular complexity index is 686. The van der Waals surface area contributed by atoms with Crippen LogP contribution in [0, 0.1) is 30.6 Å². The van der Waals surface area contributed by atoms with Gasteiger partial charge in [-0.05, 0) is 44.4 Å². The number of carbonyl (C=O) groups is 2. The summed E-state index contributed by atoms with van der Waals surface area (Å²) in [6, 6.07) is 8.66. The second-order valence-corrected chi connectivity index (χ2v) is 8.78. The van der Waals surface area contributed by atoms with Gasteiger partial charge in [0.1, 0.15) is 6.54 Å². The van der Waals surface area contributed by atoms with Crippen LogP contribution in [0.3, 0.4) is 0 Å². The highest BCUT2D eigenvalue weighted by atomic mass is 16.4. The molecule has 2 atom stereocenters. The van der Waals surface area contributed by atoms with Gasteiger partial charge in [0.05, 0.1) is 26.2 Å². The van der Waals surface area contributed by atoms with Crippen LogP contribution in [0.1, 0.15) is 36.8 Å². The zero-order chi connectivity index (χ0) is 19.0. The number of nitrogens with one attached hydrogen (secondary N) is 1.